The second-order valence-electron chi connectivity index (χ2n) is 6.60. The number of nitrogens with zero attached hydrogens (tertiary/aromatic N) is 2. The summed E-state index contributed by atoms with van der Waals surface area (Å²) in [5.74, 6) is 1.16. The van der Waals surface area contributed by atoms with Crippen LogP contribution in [0.1, 0.15) is 17.5 Å². The molecule has 1 amide bonds. The second kappa shape index (κ2) is 7.83. The highest BCUT2D eigenvalue weighted by atomic mass is 32.1. The van der Waals surface area contributed by atoms with Crippen LogP contribution in [0.4, 0.5) is 4.39 Å². The van der Waals surface area contributed by atoms with Gasteiger partial charge in [-0.15, -0.1) is 0 Å². The number of piperidine rings is 1. The van der Waals surface area contributed by atoms with E-state index < -0.39 is 12.0 Å². The molecular weight excluding hydrogens is 387 g/mol. The molecule has 29 heavy (non-hydrogen) atoms. The summed E-state index contributed by atoms with van der Waals surface area (Å²) in [4.78, 5) is 17.1. The van der Waals surface area contributed by atoms with Gasteiger partial charge in [-0.1, -0.05) is 24.4 Å². The number of aromatic nitrogens is 2. The molecular formula is C22H16FN4OS+. The zero-order chi connectivity index (χ0) is 20.4. The van der Waals surface area contributed by atoms with E-state index in [4.69, 9.17) is 17.6 Å². The van der Waals surface area contributed by atoms with Gasteiger partial charge in [0, 0.05) is 24.5 Å². The van der Waals surface area contributed by atoms with Crippen molar-refractivity contribution in [1.29, 1.82) is 5.41 Å². The minimum absolute atomic E-state index is 0.171. The third kappa shape index (κ3) is 3.61. The first-order valence-electron chi connectivity index (χ1n) is 8.90. The van der Waals surface area contributed by atoms with Crippen LogP contribution in [0.3, 0.4) is 0 Å². The van der Waals surface area contributed by atoms with Crippen molar-refractivity contribution < 1.29 is 13.8 Å². The number of carbonyl (C=O) groups excluding carboxylic acids is 1. The van der Waals surface area contributed by atoms with E-state index in [1.54, 1.807) is 29.1 Å². The summed E-state index contributed by atoms with van der Waals surface area (Å²) in [6.45, 7) is 0. The molecule has 0 spiro atoms. The smallest absolute Gasteiger partial charge is 0.295 e. The Balaban J connectivity index is 1.78. The summed E-state index contributed by atoms with van der Waals surface area (Å²) in [5.41, 5.74) is 3.07. The standard InChI is InChI=1S/C22H15FN4OS/c23-17-3-1-16(2-4-17)19-18(13-24)22(29)26-21(28)20(19)27-11-7-15(8-12-27)14-5-9-25-10-6-14/h1-12,19-20,24H/p+1/t19-,20-/m0/s1. The number of hydrogen-bond donors (Lipinski definition) is 2. The summed E-state index contributed by atoms with van der Waals surface area (Å²) in [5, 5.41) is 10.4. The van der Waals surface area contributed by atoms with Crippen LogP contribution >= 0.6 is 12.2 Å². The zero-order valence-corrected chi connectivity index (χ0v) is 16.0. The number of rotatable bonds is 3. The number of hydrogen-bond acceptors (Lipinski definition) is 4. The molecule has 1 aliphatic heterocycles. The Kier molecular flexibility index (Phi) is 5.08. The molecule has 5 nitrogen and oxygen atoms in total. The van der Waals surface area contributed by atoms with Gasteiger partial charge in [-0.2, -0.15) is 4.57 Å². The van der Waals surface area contributed by atoms with E-state index in [0.29, 0.717) is 11.1 Å². The normalized spacial score (nSPS) is 18.9. The summed E-state index contributed by atoms with van der Waals surface area (Å²) >= 11 is 5.25. The lowest BCUT2D eigenvalue weighted by Crippen LogP contribution is -2.56. The van der Waals surface area contributed by atoms with E-state index in [1.807, 2.05) is 36.7 Å². The summed E-state index contributed by atoms with van der Waals surface area (Å²) < 4.78 is 15.2. The third-order valence-corrected chi connectivity index (χ3v) is 5.25. The Labute approximate surface area is 172 Å². The van der Waals surface area contributed by atoms with Crippen molar-refractivity contribution >= 4 is 29.0 Å². The molecule has 1 aliphatic rings. The summed E-state index contributed by atoms with van der Waals surface area (Å²) in [6.07, 6.45) is 7.06. The highest BCUT2D eigenvalue weighted by Crippen LogP contribution is 2.35. The Morgan fingerprint density at radius 3 is 2.28 bits per heavy atom. The van der Waals surface area contributed by atoms with Gasteiger partial charge in [-0.05, 0) is 46.8 Å². The molecule has 2 N–H and O–H groups in total. The monoisotopic (exact) mass is 403 g/mol. The average Bonchev–Trinajstić information content (AvgIpc) is 2.75. The molecule has 3 heterocycles. The largest absolute Gasteiger partial charge is 0.310 e. The van der Waals surface area contributed by atoms with Gasteiger partial charge in [0.15, 0.2) is 12.4 Å². The first kappa shape index (κ1) is 18.8. The first-order valence-corrected chi connectivity index (χ1v) is 9.31. The van der Waals surface area contributed by atoms with E-state index in [-0.39, 0.29) is 16.7 Å². The van der Waals surface area contributed by atoms with Crippen molar-refractivity contribution in [3.8, 4) is 11.1 Å². The maximum absolute atomic E-state index is 13.4. The van der Waals surface area contributed by atoms with Gasteiger partial charge >= 0.3 is 0 Å². The van der Waals surface area contributed by atoms with E-state index >= 15 is 0 Å². The van der Waals surface area contributed by atoms with Crippen LogP contribution in [-0.4, -0.2) is 21.7 Å². The minimum Gasteiger partial charge on any atom is -0.310 e. The summed E-state index contributed by atoms with van der Waals surface area (Å²) in [7, 11) is 0. The van der Waals surface area contributed by atoms with Gasteiger partial charge in [0.2, 0.25) is 6.04 Å². The molecule has 0 bridgehead atoms. The van der Waals surface area contributed by atoms with Gasteiger partial charge in [0.25, 0.3) is 5.91 Å². The highest BCUT2D eigenvalue weighted by molar-refractivity contribution is 7.80. The fraction of sp³-hybridized carbons (Fsp3) is 0.0909. The van der Waals surface area contributed by atoms with Crippen LogP contribution < -0.4 is 9.88 Å². The molecule has 2 aromatic heterocycles. The molecule has 7 heteroatoms. The molecule has 1 fully saturated rings. The van der Waals surface area contributed by atoms with Crippen LogP contribution in [0.25, 0.3) is 11.1 Å². The number of amides is 1. The topological polar surface area (TPSA) is 69.7 Å². The number of carbonyl (C=O) groups is 1. The van der Waals surface area contributed by atoms with Crippen LogP contribution in [-0.2, 0) is 4.79 Å². The first-order chi connectivity index (χ1) is 14.1. The van der Waals surface area contributed by atoms with E-state index in [0.717, 1.165) is 11.1 Å². The van der Waals surface area contributed by atoms with Crippen molar-refractivity contribution in [3.63, 3.8) is 0 Å². The number of thiocarbonyl (C=S) groups is 1. The summed E-state index contributed by atoms with van der Waals surface area (Å²) in [6, 6.07) is 12.8. The molecule has 4 rings (SSSR count). The van der Waals surface area contributed by atoms with Gasteiger partial charge in [-0.25, -0.2) is 4.39 Å². The van der Waals surface area contributed by atoms with Crippen LogP contribution in [0.2, 0.25) is 0 Å². The van der Waals surface area contributed by atoms with Gasteiger partial charge in [0.1, 0.15) is 10.8 Å². The second-order valence-corrected chi connectivity index (χ2v) is 7.01. The fourth-order valence-corrected chi connectivity index (χ4v) is 3.80. The molecule has 1 aromatic carbocycles. The van der Waals surface area contributed by atoms with Crippen molar-refractivity contribution in [1.82, 2.24) is 10.3 Å². The Morgan fingerprint density at radius 1 is 1.03 bits per heavy atom. The molecule has 0 aliphatic carbocycles. The molecule has 0 unspecified atom stereocenters. The lowest BCUT2D eigenvalue weighted by Gasteiger charge is -2.29. The highest BCUT2D eigenvalue weighted by Gasteiger charge is 2.45. The Morgan fingerprint density at radius 2 is 1.66 bits per heavy atom. The Bertz CT molecular complexity index is 1120. The van der Waals surface area contributed by atoms with Gasteiger partial charge in [0.05, 0.1) is 11.5 Å². The number of halogens is 1. The van der Waals surface area contributed by atoms with E-state index in [1.165, 1.54) is 12.1 Å². The van der Waals surface area contributed by atoms with E-state index in [9.17, 15) is 9.18 Å². The maximum Gasteiger partial charge on any atom is 0.295 e. The van der Waals surface area contributed by atoms with Crippen LogP contribution in [0, 0.1) is 11.2 Å². The molecule has 0 radical (unpaired) electrons. The van der Waals surface area contributed by atoms with Crippen molar-refractivity contribution in [3.05, 3.63) is 90.3 Å². The maximum atomic E-state index is 13.4. The third-order valence-electron chi connectivity index (χ3n) is 4.93. The predicted octanol–water partition coefficient (Wildman–Crippen LogP) is 3.13. The van der Waals surface area contributed by atoms with Crippen molar-refractivity contribution in [2.24, 2.45) is 0 Å². The average molecular weight is 403 g/mol. The van der Waals surface area contributed by atoms with Gasteiger partial charge in [-0.3, -0.25) is 15.2 Å². The molecule has 1 saturated heterocycles. The quantitative estimate of drug-likeness (QED) is 0.306. The van der Waals surface area contributed by atoms with Crippen LogP contribution in [0.5, 0.6) is 0 Å². The molecule has 3 aromatic rings. The molecule has 142 valence electrons. The molecule has 2 atom stereocenters. The fourth-order valence-electron chi connectivity index (χ4n) is 3.53. The number of benzene rings is 1. The Hall–Kier alpha value is -3.54. The number of pyridine rings is 2. The lowest BCUT2D eigenvalue weighted by atomic mass is 9.82. The zero-order valence-electron chi connectivity index (χ0n) is 15.2. The molecule has 0 saturated carbocycles. The number of nitrogens with one attached hydrogen (secondary N) is 2. The lowest BCUT2D eigenvalue weighted by molar-refractivity contribution is -0.711. The van der Waals surface area contributed by atoms with Gasteiger partial charge < -0.3 is 5.32 Å². The minimum atomic E-state index is -0.688. The van der Waals surface area contributed by atoms with Crippen LogP contribution in [0.15, 0.2) is 78.9 Å². The van der Waals surface area contributed by atoms with Crippen molar-refractivity contribution in [2.45, 2.75) is 12.0 Å². The van der Waals surface area contributed by atoms with Crippen molar-refractivity contribution in [2.75, 3.05) is 0 Å². The van der Waals surface area contributed by atoms with E-state index in [2.05, 4.69) is 16.2 Å². The SMILES string of the molecule is N=C=C1C(=S)NC(=O)[C@@H]([n+]2ccc(-c3ccncc3)cc2)[C@H]1c1ccc(F)cc1. The predicted molar refractivity (Wildman–Crippen MR) is 110 cm³/mol.